The highest BCUT2D eigenvalue weighted by atomic mass is 79.9. The average Bonchev–Trinajstić information content (AvgIpc) is 2.27. The Labute approximate surface area is 118 Å². The minimum Gasteiger partial charge on any atom is -0.399 e. The molecular weight excluding hydrogens is 335 g/mol. The maximum atomic E-state index is 13.6. The summed E-state index contributed by atoms with van der Waals surface area (Å²) in [6, 6.07) is 9.99. The molecule has 0 saturated heterocycles. The van der Waals surface area contributed by atoms with Gasteiger partial charge in [-0.15, -0.1) is 0 Å². The summed E-state index contributed by atoms with van der Waals surface area (Å²) in [6.07, 6.45) is 0. The van der Waals surface area contributed by atoms with Crippen LogP contribution in [0, 0.1) is 5.82 Å². The molecule has 0 aliphatic rings. The molecule has 0 aromatic heterocycles. The van der Waals surface area contributed by atoms with Crippen LogP contribution in [0.1, 0.15) is 0 Å². The molecule has 4 nitrogen and oxygen atoms in total. The number of rotatable bonds is 3. The number of halogens is 2. The fourth-order valence-electron chi connectivity index (χ4n) is 1.50. The van der Waals surface area contributed by atoms with Crippen LogP contribution < -0.4 is 10.5 Å². The Hall–Kier alpha value is -1.60. The molecule has 3 N–H and O–H groups in total. The van der Waals surface area contributed by atoms with E-state index in [1.54, 1.807) is 24.3 Å². The van der Waals surface area contributed by atoms with E-state index in [9.17, 15) is 12.8 Å². The summed E-state index contributed by atoms with van der Waals surface area (Å²) in [6.45, 7) is 0. The van der Waals surface area contributed by atoms with Crippen molar-refractivity contribution in [3.63, 3.8) is 0 Å². The van der Waals surface area contributed by atoms with Gasteiger partial charge in [-0.05, 0) is 36.4 Å². The van der Waals surface area contributed by atoms with Gasteiger partial charge >= 0.3 is 0 Å². The number of nitrogens with two attached hydrogens (primary N) is 1. The molecule has 0 aliphatic carbocycles. The van der Waals surface area contributed by atoms with E-state index in [0.717, 1.165) is 12.1 Å². The Balaban J connectivity index is 2.38. The third-order valence-corrected chi connectivity index (χ3v) is 4.23. The number of hydrogen-bond acceptors (Lipinski definition) is 3. The molecule has 0 spiro atoms. The SMILES string of the molecule is Nc1ccc(S(=O)(=O)Nc2cccc(Br)c2)c(F)c1. The highest BCUT2D eigenvalue weighted by Crippen LogP contribution is 2.22. The van der Waals surface area contributed by atoms with Crippen molar-refractivity contribution < 1.29 is 12.8 Å². The van der Waals surface area contributed by atoms with Crippen molar-refractivity contribution in [2.24, 2.45) is 0 Å². The summed E-state index contributed by atoms with van der Waals surface area (Å²) >= 11 is 3.22. The summed E-state index contributed by atoms with van der Waals surface area (Å²) in [4.78, 5) is -0.443. The summed E-state index contributed by atoms with van der Waals surface area (Å²) in [7, 11) is -3.98. The molecule has 2 aromatic carbocycles. The first-order valence-corrected chi connectivity index (χ1v) is 7.49. The number of sulfonamides is 1. The van der Waals surface area contributed by atoms with E-state index in [1.807, 2.05) is 0 Å². The van der Waals surface area contributed by atoms with Gasteiger partial charge in [0.2, 0.25) is 0 Å². The van der Waals surface area contributed by atoms with E-state index in [-0.39, 0.29) is 5.69 Å². The molecule has 100 valence electrons. The zero-order valence-electron chi connectivity index (χ0n) is 9.60. The van der Waals surface area contributed by atoms with Gasteiger partial charge in [-0.1, -0.05) is 22.0 Å². The molecule has 0 fully saturated rings. The second-order valence-electron chi connectivity index (χ2n) is 3.81. The largest absolute Gasteiger partial charge is 0.399 e. The highest BCUT2D eigenvalue weighted by Gasteiger charge is 2.19. The molecule has 0 bridgehead atoms. The lowest BCUT2D eigenvalue weighted by molar-refractivity contribution is 0.571. The lowest BCUT2D eigenvalue weighted by Crippen LogP contribution is -2.14. The predicted molar refractivity (Wildman–Crippen MR) is 75.8 cm³/mol. The Morgan fingerprint density at radius 3 is 2.53 bits per heavy atom. The molecule has 0 aliphatic heterocycles. The zero-order chi connectivity index (χ0) is 14.0. The van der Waals surface area contributed by atoms with Crippen LogP contribution in [0.15, 0.2) is 51.8 Å². The van der Waals surface area contributed by atoms with Crippen LogP contribution in [0.25, 0.3) is 0 Å². The van der Waals surface area contributed by atoms with Crippen molar-refractivity contribution in [3.05, 3.63) is 52.8 Å². The highest BCUT2D eigenvalue weighted by molar-refractivity contribution is 9.10. The monoisotopic (exact) mass is 344 g/mol. The van der Waals surface area contributed by atoms with Crippen LogP contribution in [-0.2, 0) is 10.0 Å². The standard InChI is InChI=1S/C12H10BrFN2O2S/c13-8-2-1-3-10(6-8)16-19(17,18)12-5-4-9(15)7-11(12)14/h1-7,16H,15H2. The maximum absolute atomic E-state index is 13.6. The van der Waals surface area contributed by atoms with Crippen LogP contribution in [0.5, 0.6) is 0 Å². The van der Waals surface area contributed by atoms with Gasteiger partial charge in [0.1, 0.15) is 10.7 Å². The number of anilines is 2. The molecule has 0 saturated carbocycles. The number of hydrogen-bond donors (Lipinski definition) is 2. The van der Waals surface area contributed by atoms with Crippen LogP contribution >= 0.6 is 15.9 Å². The molecular formula is C12H10BrFN2O2S. The Bertz CT molecular complexity index is 719. The quantitative estimate of drug-likeness (QED) is 0.840. The van der Waals surface area contributed by atoms with E-state index in [2.05, 4.69) is 20.7 Å². The molecule has 0 unspecified atom stereocenters. The average molecular weight is 345 g/mol. The lowest BCUT2D eigenvalue weighted by Gasteiger charge is -2.09. The van der Waals surface area contributed by atoms with Crippen LogP contribution in [0.4, 0.5) is 15.8 Å². The first-order valence-electron chi connectivity index (χ1n) is 5.22. The summed E-state index contributed by atoms with van der Waals surface area (Å²) < 4.78 is 40.7. The molecule has 0 amide bonds. The van der Waals surface area contributed by atoms with Crippen LogP contribution in [0.2, 0.25) is 0 Å². The molecule has 0 radical (unpaired) electrons. The molecule has 19 heavy (non-hydrogen) atoms. The van der Waals surface area contributed by atoms with Gasteiger partial charge in [-0.2, -0.15) is 0 Å². The minimum atomic E-state index is -3.98. The van der Waals surface area contributed by atoms with E-state index >= 15 is 0 Å². The first kappa shape index (κ1) is 13.8. The summed E-state index contributed by atoms with van der Waals surface area (Å²) in [5, 5.41) is 0. The van der Waals surface area contributed by atoms with Gasteiger partial charge in [0.05, 0.1) is 0 Å². The first-order chi connectivity index (χ1) is 8.88. The second-order valence-corrected chi connectivity index (χ2v) is 6.37. The number of nitrogens with one attached hydrogen (secondary N) is 1. The van der Waals surface area contributed by atoms with Gasteiger partial charge in [-0.25, -0.2) is 12.8 Å². The van der Waals surface area contributed by atoms with Crippen molar-refractivity contribution >= 4 is 37.3 Å². The molecule has 2 aromatic rings. The third kappa shape index (κ3) is 3.24. The summed E-state index contributed by atoms with van der Waals surface area (Å²) in [5.41, 5.74) is 5.89. The fraction of sp³-hybridized carbons (Fsp3) is 0. The van der Waals surface area contributed by atoms with E-state index in [1.165, 1.54) is 6.07 Å². The van der Waals surface area contributed by atoms with Gasteiger partial charge in [0.15, 0.2) is 0 Å². The van der Waals surface area contributed by atoms with E-state index in [0.29, 0.717) is 10.2 Å². The lowest BCUT2D eigenvalue weighted by atomic mass is 10.3. The normalized spacial score (nSPS) is 11.3. The minimum absolute atomic E-state index is 0.166. The topological polar surface area (TPSA) is 72.2 Å². The fourth-order valence-corrected chi connectivity index (χ4v) is 3.01. The van der Waals surface area contributed by atoms with Crippen molar-refractivity contribution in [2.45, 2.75) is 4.90 Å². The summed E-state index contributed by atoms with van der Waals surface area (Å²) in [5.74, 6) is -0.887. The number of nitrogen functional groups attached to an aromatic ring is 1. The third-order valence-electron chi connectivity index (χ3n) is 2.32. The van der Waals surface area contributed by atoms with Crippen molar-refractivity contribution in [1.29, 1.82) is 0 Å². The number of benzene rings is 2. The molecule has 0 heterocycles. The smallest absolute Gasteiger partial charge is 0.264 e. The Kier molecular flexibility index (Phi) is 3.77. The van der Waals surface area contributed by atoms with Crippen molar-refractivity contribution in [3.8, 4) is 0 Å². The van der Waals surface area contributed by atoms with Gasteiger partial charge < -0.3 is 5.73 Å². The Morgan fingerprint density at radius 1 is 1.16 bits per heavy atom. The van der Waals surface area contributed by atoms with Crippen LogP contribution in [-0.4, -0.2) is 8.42 Å². The van der Waals surface area contributed by atoms with Gasteiger partial charge in [-0.3, -0.25) is 4.72 Å². The van der Waals surface area contributed by atoms with E-state index in [4.69, 9.17) is 5.73 Å². The van der Waals surface area contributed by atoms with Crippen molar-refractivity contribution in [1.82, 2.24) is 0 Å². The zero-order valence-corrected chi connectivity index (χ0v) is 12.0. The second kappa shape index (κ2) is 5.18. The van der Waals surface area contributed by atoms with Crippen molar-refractivity contribution in [2.75, 3.05) is 10.5 Å². The van der Waals surface area contributed by atoms with Gasteiger partial charge in [0.25, 0.3) is 10.0 Å². The van der Waals surface area contributed by atoms with E-state index < -0.39 is 20.7 Å². The predicted octanol–water partition coefficient (Wildman–Crippen LogP) is 2.97. The molecule has 0 atom stereocenters. The Morgan fingerprint density at radius 2 is 1.89 bits per heavy atom. The maximum Gasteiger partial charge on any atom is 0.264 e. The molecule has 2 rings (SSSR count). The van der Waals surface area contributed by atoms with Crippen LogP contribution in [0.3, 0.4) is 0 Å². The molecule has 7 heteroatoms. The van der Waals surface area contributed by atoms with Gasteiger partial charge in [0, 0.05) is 15.8 Å².